The molecule has 0 bridgehead atoms. The number of imidazole rings is 1. The van der Waals surface area contributed by atoms with Crippen LogP contribution in [-0.2, 0) is 6.54 Å². The van der Waals surface area contributed by atoms with Crippen LogP contribution in [0.5, 0.6) is 5.75 Å². The van der Waals surface area contributed by atoms with Crippen molar-refractivity contribution in [2.45, 2.75) is 45.7 Å². The van der Waals surface area contributed by atoms with Crippen LogP contribution in [0, 0.1) is 0 Å². The van der Waals surface area contributed by atoms with Crippen LogP contribution in [0.2, 0.25) is 0 Å². The first-order chi connectivity index (χ1) is 13.2. The van der Waals surface area contributed by atoms with Gasteiger partial charge in [-0.25, -0.2) is 4.98 Å². The molecule has 2 aromatic heterocycles. The zero-order valence-corrected chi connectivity index (χ0v) is 16.2. The topological polar surface area (TPSA) is 55.8 Å². The number of ether oxygens (including phenoxy) is 1. The number of nitrogen functional groups attached to an aromatic ring is 1. The van der Waals surface area contributed by atoms with E-state index in [0.717, 1.165) is 41.4 Å². The van der Waals surface area contributed by atoms with Crippen LogP contribution in [0.25, 0.3) is 16.9 Å². The summed E-state index contributed by atoms with van der Waals surface area (Å²) in [5, 5.41) is 0. The second-order valence-electron chi connectivity index (χ2n) is 7.37. The van der Waals surface area contributed by atoms with Crippen LogP contribution in [0.15, 0.2) is 42.6 Å². The number of benzene rings is 1. The van der Waals surface area contributed by atoms with Gasteiger partial charge >= 0.3 is 0 Å². The standard InChI is InChI=1S/C22H28N4O/c1-3-27-19-10-7-17(8-11-19)22-20(15-25-13-5-4-6-16(25)2)26-14-18(23)9-12-21(26)24-22/h7-12,14,16H,3-6,13,15,23H2,1-2H3. The molecule has 1 fully saturated rings. The number of pyridine rings is 1. The van der Waals surface area contributed by atoms with Gasteiger partial charge in [0.15, 0.2) is 0 Å². The zero-order chi connectivity index (χ0) is 18.8. The van der Waals surface area contributed by atoms with E-state index in [-0.39, 0.29) is 0 Å². The number of rotatable bonds is 5. The third kappa shape index (κ3) is 3.65. The van der Waals surface area contributed by atoms with Gasteiger partial charge < -0.3 is 14.9 Å². The minimum absolute atomic E-state index is 0.596. The van der Waals surface area contributed by atoms with Crippen LogP contribution in [0.3, 0.4) is 0 Å². The Hall–Kier alpha value is -2.53. The second-order valence-corrected chi connectivity index (χ2v) is 7.37. The van der Waals surface area contributed by atoms with Gasteiger partial charge in [-0.05, 0) is 69.6 Å². The average Bonchev–Trinajstić information content (AvgIpc) is 3.02. The molecule has 0 radical (unpaired) electrons. The summed E-state index contributed by atoms with van der Waals surface area (Å²) in [4.78, 5) is 7.49. The van der Waals surface area contributed by atoms with Crippen molar-refractivity contribution in [2.24, 2.45) is 0 Å². The molecule has 0 amide bonds. The highest BCUT2D eigenvalue weighted by Crippen LogP contribution is 2.29. The fourth-order valence-electron chi connectivity index (χ4n) is 3.95. The predicted molar refractivity (Wildman–Crippen MR) is 110 cm³/mol. The van der Waals surface area contributed by atoms with Crippen LogP contribution in [0.1, 0.15) is 38.8 Å². The second kappa shape index (κ2) is 7.61. The summed E-state index contributed by atoms with van der Waals surface area (Å²) in [7, 11) is 0. The van der Waals surface area contributed by atoms with E-state index in [1.54, 1.807) is 0 Å². The molecule has 142 valence electrons. The summed E-state index contributed by atoms with van der Waals surface area (Å²) in [6, 6.07) is 12.7. The van der Waals surface area contributed by atoms with Gasteiger partial charge in [-0.15, -0.1) is 0 Å². The van der Waals surface area contributed by atoms with Gasteiger partial charge in [0, 0.05) is 30.0 Å². The smallest absolute Gasteiger partial charge is 0.137 e. The molecule has 27 heavy (non-hydrogen) atoms. The van der Waals surface area contributed by atoms with Crippen molar-refractivity contribution >= 4 is 11.3 Å². The largest absolute Gasteiger partial charge is 0.494 e. The minimum atomic E-state index is 0.596. The number of piperidine rings is 1. The first-order valence-electron chi connectivity index (χ1n) is 9.89. The van der Waals surface area contributed by atoms with Crippen molar-refractivity contribution in [2.75, 3.05) is 18.9 Å². The number of nitrogens with two attached hydrogens (primary N) is 1. The number of hydrogen-bond donors (Lipinski definition) is 1. The fourth-order valence-corrected chi connectivity index (χ4v) is 3.95. The highest BCUT2D eigenvalue weighted by atomic mass is 16.5. The Morgan fingerprint density at radius 1 is 1.15 bits per heavy atom. The molecule has 1 saturated heterocycles. The van der Waals surface area contributed by atoms with Crippen molar-refractivity contribution in [1.29, 1.82) is 0 Å². The summed E-state index contributed by atoms with van der Waals surface area (Å²) in [5.74, 6) is 0.889. The highest BCUT2D eigenvalue weighted by molar-refractivity contribution is 5.68. The first-order valence-corrected chi connectivity index (χ1v) is 9.89. The number of hydrogen-bond acceptors (Lipinski definition) is 4. The van der Waals surface area contributed by atoms with Gasteiger partial charge in [-0.1, -0.05) is 6.42 Å². The molecule has 1 aliphatic heterocycles. The molecule has 4 rings (SSSR count). The van der Waals surface area contributed by atoms with Crippen LogP contribution in [0.4, 0.5) is 5.69 Å². The monoisotopic (exact) mass is 364 g/mol. The van der Waals surface area contributed by atoms with Crippen LogP contribution in [-0.4, -0.2) is 33.5 Å². The van der Waals surface area contributed by atoms with E-state index in [9.17, 15) is 0 Å². The lowest BCUT2D eigenvalue weighted by Crippen LogP contribution is -2.37. The molecule has 1 atom stereocenters. The van der Waals surface area contributed by atoms with E-state index in [2.05, 4.69) is 28.4 Å². The molecule has 1 aromatic carbocycles. The van der Waals surface area contributed by atoms with Crippen molar-refractivity contribution in [3.63, 3.8) is 0 Å². The molecule has 0 spiro atoms. The SMILES string of the molecule is CCOc1ccc(-c2nc3ccc(N)cn3c2CN2CCCCC2C)cc1. The Bertz CT molecular complexity index is 916. The van der Waals surface area contributed by atoms with E-state index in [1.807, 2.05) is 37.4 Å². The molecule has 0 saturated carbocycles. The van der Waals surface area contributed by atoms with E-state index >= 15 is 0 Å². The molecular weight excluding hydrogens is 336 g/mol. The van der Waals surface area contributed by atoms with Crippen molar-refractivity contribution in [3.8, 4) is 17.0 Å². The first kappa shape index (κ1) is 17.9. The third-order valence-electron chi connectivity index (χ3n) is 5.47. The van der Waals surface area contributed by atoms with Gasteiger partial charge in [-0.2, -0.15) is 0 Å². The highest BCUT2D eigenvalue weighted by Gasteiger charge is 2.22. The Labute approximate surface area is 160 Å². The molecule has 3 aromatic rings. The molecule has 1 aliphatic rings. The van der Waals surface area contributed by atoms with E-state index < -0.39 is 0 Å². The van der Waals surface area contributed by atoms with Gasteiger partial charge in [-0.3, -0.25) is 4.90 Å². The van der Waals surface area contributed by atoms with Gasteiger partial charge in [0.2, 0.25) is 0 Å². The van der Waals surface area contributed by atoms with Crippen LogP contribution < -0.4 is 10.5 Å². The lowest BCUT2D eigenvalue weighted by molar-refractivity contribution is 0.151. The number of likely N-dealkylation sites (tertiary alicyclic amines) is 1. The lowest BCUT2D eigenvalue weighted by Gasteiger charge is -2.33. The zero-order valence-electron chi connectivity index (χ0n) is 16.2. The van der Waals surface area contributed by atoms with Crippen molar-refractivity contribution < 1.29 is 4.74 Å². The maximum Gasteiger partial charge on any atom is 0.137 e. The summed E-state index contributed by atoms with van der Waals surface area (Å²) in [6.45, 7) is 7.02. The van der Waals surface area contributed by atoms with Gasteiger partial charge in [0.05, 0.1) is 18.0 Å². The van der Waals surface area contributed by atoms with E-state index in [0.29, 0.717) is 12.6 Å². The summed E-state index contributed by atoms with van der Waals surface area (Å²) in [5.41, 5.74) is 11.1. The number of aromatic nitrogens is 2. The maximum absolute atomic E-state index is 6.08. The van der Waals surface area contributed by atoms with Crippen molar-refractivity contribution in [3.05, 3.63) is 48.3 Å². The molecule has 3 heterocycles. The maximum atomic E-state index is 6.08. The number of fused-ring (bicyclic) bond motifs is 1. The Balaban J connectivity index is 1.76. The Morgan fingerprint density at radius 3 is 2.70 bits per heavy atom. The number of anilines is 1. The van der Waals surface area contributed by atoms with E-state index in [1.165, 1.54) is 25.0 Å². The molecule has 1 unspecified atom stereocenters. The quantitative estimate of drug-likeness (QED) is 0.731. The average molecular weight is 364 g/mol. The molecule has 2 N–H and O–H groups in total. The summed E-state index contributed by atoms with van der Waals surface area (Å²) >= 11 is 0. The van der Waals surface area contributed by atoms with Crippen molar-refractivity contribution in [1.82, 2.24) is 14.3 Å². The summed E-state index contributed by atoms with van der Waals surface area (Å²) < 4.78 is 7.74. The van der Waals surface area contributed by atoms with Gasteiger partial charge in [0.1, 0.15) is 11.4 Å². The van der Waals surface area contributed by atoms with Gasteiger partial charge in [0.25, 0.3) is 0 Å². The predicted octanol–water partition coefficient (Wildman–Crippen LogP) is 4.36. The minimum Gasteiger partial charge on any atom is -0.494 e. The Morgan fingerprint density at radius 2 is 1.96 bits per heavy atom. The fraction of sp³-hybridized carbons (Fsp3) is 0.409. The molecule has 5 heteroatoms. The third-order valence-corrected chi connectivity index (χ3v) is 5.47. The molecular formula is C22H28N4O. The summed E-state index contributed by atoms with van der Waals surface area (Å²) in [6.07, 6.45) is 5.84. The number of nitrogens with zero attached hydrogens (tertiary/aromatic N) is 3. The van der Waals surface area contributed by atoms with Crippen LogP contribution >= 0.6 is 0 Å². The molecule has 5 nitrogen and oxygen atoms in total. The van der Waals surface area contributed by atoms with E-state index in [4.69, 9.17) is 15.5 Å². The Kier molecular flexibility index (Phi) is 5.03. The normalized spacial score (nSPS) is 18.1. The lowest BCUT2D eigenvalue weighted by atomic mass is 10.0. The molecule has 0 aliphatic carbocycles.